The second-order valence-electron chi connectivity index (χ2n) is 5.27. The summed E-state index contributed by atoms with van der Waals surface area (Å²) in [6.07, 6.45) is 0.200. The fraction of sp³-hybridized carbons (Fsp3) is 0.278. The molecule has 1 amide bonds. The summed E-state index contributed by atoms with van der Waals surface area (Å²) in [4.78, 5) is 12.0. The van der Waals surface area contributed by atoms with Gasteiger partial charge in [0.1, 0.15) is 5.82 Å². The van der Waals surface area contributed by atoms with E-state index in [2.05, 4.69) is 10.6 Å². The van der Waals surface area contributed by atoms with Gasteiger partial charge in [-0.05, 0) is 18.2 Å². The minimum atomic E-state index is -0.534. The molecule has 0 aliphatic rings. The molecule has 2 aromatic carbocycles. The zero-order chi connectivity index (χ0) is 19.1. The molecule has 2 N–H and O–H groups in total. The van der Waals surface area contributed by atoms with Gasteiger partial charge in [-0.1, -0.05) is 11.6 Å². The van der Waals surface area contributed by atoms with Crippen LogP contribution in [-0.4, -0.2) is 33.8 Å². The fourth-order valence-electron chi connectivity index (χ4n) is 2.30. The first-order valence-electron chi connectivity index (χ1n) is 7.77. The van der Waals surface area contributed by atoms with Gasteiger partial charge in [0.05, 0.1) is 26.4 Å². The molecule has 26 heavy (non-hydrogen) atoms. The normalized spacial score (nSPS) is 10.2. The molecule has 140 valence electrons. The minimum absolute atomic E-state index is 0.0432. The summed E-state index contributed by atoms with van der Waals surface area (Å²) in [5.41, 5.74) is 1.16. The molecule has 0 bridgehead atoms. The van der Waals surface area contributed by atoms with Crippen molar-refractivity contribution in [3.8, 4) is 17.2 Å². The molecule has 0 radical (unpaired) electrons. The van der Waals surface area contributed by atoms with Crippen molar-refractivity contribution in [3.63, 3.8) is 0 Å². The molecular weight excluding hydrogens is 363 g/mol. The Morgan fingerprint density at radius 3 is 2.23 bits per heavy atom. The van der Waals surface area contributed by atoms with Crippen molar-refractivity contribution in [2.45, 2.75) is 6.42 Å². The number of halogens is 2. The summed E-state index contributed by atoms with van der Waals surface area (Å²) in [6, 6.07) is 7.51. The van der Waals surface area contributed by atoms with Crippen LogP contribution < -0.4 is 24.8 Å². The van der Waals surface area contributed by atoms with Crippen molar-refractivity contribution in [1.82, 2.24) is 0 Å². The highest BCUT2D eigenvalue weighted by Crippen LogP contribution is 2.39. The number of methoxy groups -OCH3 is 3. The largest absolute Gasteiger partial charge is 0.493 e. The van der Waals surface area contributed by atoms with Crippen LogP contribution in [0.5, 0.6) is 17.2 Å². The van der Waals surface area contributed by atoms with E-state index in [1.54, 1.807) is 12.1 Å². The Kier molecular flexibility index (Phi) is 6.91. The average Bonchev–Trinajstić information content (AvgIpc) is 2.63. The van der Waals surface area contributed by atoms with Gasteiger partial charge in [0.2, 0.25) is 11.7 Å². The second-order valence-corrected chi connectivity index (χ2v) is 5.68. The highest BCUT2D eigenvalue weighted by molar-refractivity contribution is 6.31. The standard InChI is InChI=1S/C18H20ClFN2O4/c1-24-15-9-12(10-16(25-2)18(15)26-3)21-7-6-17(23)22-11-4-5-14(20)13(19)8-11/h4-5,8-10,21H,6-7H2,1-3H3,(H,22,23). The van der Waals surface area contributed by atoms with Crippen LogP contribution >= 0.6 is 11.6 Å². The lowest BCUT2D eigenvalue weighted by Crippen LogP contribution is -2.16. The number of carbonyl (C=O) groups is 1. The van der Waals surface area contributed by atoms with E-state index in [-0.39, 0.29) is 17.4 Å². The molecule has 0 spiro atoms. The van der Waals surface area contributed by atoms with Crippen molar-refractivity contribution >= 4 is 28.9 Å². The van der Waals surface area contributed by atoms with Crippen molar-refractivity contribution in [2.75, 3.05) is 38.5 Å². The van der Waals surface area contributed by atoms with Crippen LogP contribution in [0.3, 0.4) is 0 Å². The summed E-state index contributed by atoms with van der Waals surface area (Å²) >= 11 is 5.69. The molecule has 0 unspecified atom stereocenters. The Morgan fingerprint density at radius 1 is 1.04 bits per heavy atom. The maximum atomic E-state index is 13.1. The molecule has 8 heteroatoms. The first kappa shape index (κ1) is 19.7. The molecule has 0 aromatic heterocycles. The molecule has 0 fully saturated rings. The predicted molar refractivity (Wildman–Crippen MR) is 99.2 cm³/mol. The number of hydrogen-bond acceptors (Lipinski definition) is 5. The zero-order valence-corrected chi connectivity index (χ0v) is 15.4. The summed E-state index contributed by atoms with van der Waals surface area (Å²) in [5.74, 6) is 0.757. The third kappa shape index (κ3) is 4.92. The van der Waals surface area contributed by atoms with E-state index in [0.717, 1.165) is 5.69 Å². The third-order valence-electron chi connectivity index (χ3n) is 3.55. The number of hydrogen-bond donors (Lipinski definition) is 2. The smallest absolute Gasteiger partial charge is 0.226 e. The predicted octanol–water partition coefficient (Wildman–Crippen LogP) is 3.95. The number of amides is 1. The summed E-state index contributed by atoms with van der Waals surface area (Å²) in [5, 5.41) is 5.74. The number of rotatable bonds is 8. The lowest BCUT2D eigenvalue weighted by Gasteiger charge is -2.15. The number of carbonyl (C=O) groups excluding carboxylic acids is 1. The van der Waals surface area contributed by atoms with E-state index in [1.807, 2.05) is 0 Å². The van der Waals surface area contributed by atoms with E-state index in [4.69, 9.17) is 25.8 Å². The van der Waals surface area contributed by atoms with Crippen LogP contribution in [0.4, 0.5) is 15.8 Å². The van der Waals surface area contributed by atoms with Crippen LogP contribution in [0.1, 0.15) is 6.42 Å². The van der Waals surface area contributed by atoms with Gasteiger partial charge in [0, 0.05) is 36.5 Å². The fourth-order valence-corrected chi connectivity index (χ4v) is 2.48. The highest BCUT2D eigenvalue weighted by Gasteiger charge is 2.13. The first-order valence-corrected chi connectivity index (χ1v) is 8.15. The summed E-state index contributed by atoms with van der Waals surface area (Å²) < 4.78 is 28.9. The van der Waals surface area contributed by atoms with Crippen molar-refractivity contribution in [3.05, 3.63) is 41.2 Å². The number of ether oxygens (including phenoxy) is 3. The van der Waals surface area contributed by atoms with Crippen molar-refractivity contribution in [1.29, 1.82) is 0 Å². The van der Waals surface area contributed by atoms with E-state index in [0.29, 0.717) is 29.5 Å². The Hall–Kier alpha value is -2.67. The van der Waals surface area contributed by atoms with Gasteiger partial charge < -0.3 is 24.8 Å². The van der Waals surface area contributed by atoms with Gasteiger partial charge in [-0.15, -0.1) is 0 Å². The minimum Gasteiger partial charge on any atom is -0.493 e. The third-order valence-corrected chi connectivity index (χ3v) is 3.84. The Bertz CT molecular complexity index is 761. The molecule has 0 aliphatic heterocycles. The number of anilines is 2. The molecule has 0 saturated heterocycles. The van der Waals surface area contributed by atoms with Crippen molar-refractivity contribution in [2.24, 2.45) is 0 Å². The molecule has 0 aliphatic carbocycles. The SMILES string of the molecule is COc1cc(NCCC(=O)Nc2ccc(F)c(Cl)c2)cc(OC)c1OC. The first-order chi connectivity index (χ1) is 12.5. The zero-order valence-electron chi connectivity index (χ0n) is 14.7. The van der Waals surface area contributed by atoms with Gasteiger partial charge in [0.15, 0.2) is 11.5 Å². The summed E-state index contributed by atoms with van der Waals surface area (Å²) in [7, 11) is 4.59. The molecule has 0 atom stereocenters. The lowest BCUT2D eigenvalue weighted by atomic mass is 10.2. The highest BCUT2D eigenvalue weighted by atomic mass is 35.5. The van der Waals surface area contributed by atoms with Crippen LogP contribution in [-0.2, 0) is 4.79 Å². The molecule has 2 rings (SSSR count). The molecule has 2 aromatic rings. The van der Waals surface area contributed by atoms with Crippen LogP contribution in [0.25, 0.3) is 0 Å². The number of nitrogens with one attached hydrogen (secondary N) is 2. The van der Waals surface area contributed by atoms with Gasteiger partial charge in [0.25, 0.3) is 0 Å². The molecule has 0 saturated carbocycles. The van der Waals surface area contributed by atoms with Gasteiger partial charge in [-0.2, -0.15) is 0 Å². The maximum Gasteiger partial charge on any atom is 0.226 e. The van der Waals surface area contributed by atoms with Gasteiger partial charge in [-0.25, -0.2) is 4.39 Å². The van der Waals surface area contributed by atoms with Crippen LogP contribution in [0.2, 0.25) is 5.02 Å². The Labute approximate surface area is 156 Å². The van der Waals surface area contributed by atoms with E-state index >= 15 is 0 Å². The molecular formula is C18H20ClFN2O4. The van der Waals surface area contributed by atoms with Crippen LogP contribution in [0, 0.1) is 5.82 Å². The van der Waals surface area contributed by atoms with Crippen LogP contribution in [0.15, 0.2) is 30.3 Å². The topological polar surface area (TPSA) is 68.8 Å². The van der Waals surface area contributed by atoms with Gasteiger partial charge in [-0.3, -0.25) is 4.79 Å². The quantitative estimate of drug-likeness (QED) is 0.723. The monoisotopic (exact) mass is 382 g/mol. The van der Waals surface area contributed by atoms with E-state index in [9.17, 15) is 9.18 Å². The Morgan fingerprint density at radius 2 is 1.69 bits per heavy atom. The molecule has 6 nitrogen and oxygen atoms in total. The number of benzene rings is 2. The Balaban J connectivity index is 1.94. The maximum absolute atomic E-state index is 13.1. The molecule has 0 heterocycles. The van der Waals surface area contributed by atoms with Gasteiger partial charge >= 0.3 is 0 Å². The summed E-state index contributed by atoms with van der Waals surface area (Å²) in [6.45, 7) is 0.374. The average molecular weight is 383 g/mol. The lowest BCUT2D eigenvalue weighted by molar-refractivity contribution is -0.115. The van der Waals surface area contributed by atoms with E-state index < -0.39 is 5.82 Å². The van der Waals surface area contributed by atoms with E-state index in [1.165, 1.54) is 39.5 Å². The second kappa shape index (κ2) is 9.15. The van der Waals surface area contributed by atoms with Crippen molar-refractivity contribution < 1.29 is 23.4 Å².